The Hall–Kier alpha value is -7.76. The molecule has 3 aliphatic heterocycles. The summed E-state index contributed by atoms with van der Waals surface area (Å²) in [5, 5.41) is 0. The van der Waals surface area contributed by atoms with Crippen molar-refractivity contribution in [3.8, 4) is 0 Å². The molecule has 16 nitrogen and oxygen atoms in total. The molecule has 0 amide bonds. The zero-order valence-electron chi connectivity index (χ0n) is 57.8. The van der Waals surface area contributed by atoms with Crippen molar-refractivity contribution in [2.24, 2.45) is 0 Å². The molecular weight excluding hydrogens is 1310 g/mol. The van der Waals surface area contributed by atoms with E-state index in [-0.39, 0.29) is 72.7 Å². The minimum Gasteiger partial charge on any atom is -0.454 e. The molecule has 3 fully saturated rings. The van der Waals surface area contributed by atoms with Crippen LogP contribution in [0.3, 0.4) is 0 Å². The quantitative estimate of drug-likeness (QED) is 0.0339. The van der Waals surface area contributed by atoms with Crippen LogP contribution in [-0.4, -0.2) is 123 Å². The standard InChI is InChI=1S/C85H92O16S/c1-3-102-85-82(79(95-57-70-47-29-12-30-48-70)76(92-54-67-41-23-9-24-42-67)73(99-85)60-89-51-64-35-17-6-18-36-64)101-84-81(78(94-56-69-45-27-11-28-46-69)75(91-53-66-39-21-8-22-40-66)72(98-84)59-88-50-63-33-15-5-16-34-63)100-83-80(96-61(2)86)77(93-55-68-43-25-10-26-44-68)74(90-52-65-37-19-7-20-38-65)71(97-83)58-87-49-62-31-13-4-14-32-62/h4-48,71-85H,3,49-60H2,1-2H3/t71-,72-,73-,74-,75-,76-,77+,78+,79+,80+,81+,82+,83-,84-,85-/m1/s1. The van der Waals surface area contributed by atoms with Gasteiger partial charge in [-0.25, -0.2) is 0 Å². The molecule has 15 atom stereocenters. The number of carbonyl (C=O) groups excluding carboxylic acids is 1. The fourth-order valence-corrected chi connectivity index (χ4v) is 13.8. The van der Waals surface area contributed by atoms with Gasteiger partial charge in [-0.15, -0.1) is 11.8 Å². The molecule has 0 spiro atoms. The van der Waals surface area contributed by atoms with E-state index in [9.17, 15) is 4.79 Å². The first-order valence-corrected chi connectivity index (χ1v) is 36.3. The van der Waals surface area contributed by atoms with Gasteiger partial charge >= 0.3 is 5.97 Å². The van der Waals surface area contributed by atoms with Crippen molar-refractivity contribution >= 4 is 17.7 Å². The van der Waals surface area contributed by atoms with Crippen LogP contribution in [-0.2, 0) is 135 Å². The molecule has 0 unspecified atom stereocenters. The number of thioether (sulfide) groups is 1. The molecule has 3 aliphatic rings. The first-order valence-electron chi connectivity index (χ1n) is 35.2. The zero-order valence-corrected chi connectivity index (χ0v) is 58.6. The summed E-state index contributed by atoms with van der Waals surface area (Å²) in [6, 6.07) is 89.5. The summed E-state index contributed by atoms with van der Waals surface area (Å²) in [6.45, 7) is 5.37. The van der Waals surface area contributed by atoms with Crippen molar-refractivity contribution in [2.45, 2.75) is 165 Å². The second-order valence-corrected chi connectivity index (χ2v) is 26.8. The van der Waals surface area contributed by atoms with Gasteiger partial charge in [-0.05, 0) is 55.8 Å². The molecule has 0 aromatic heterocycles. The number of hydrogen-bond donors (Lipinski definition) is 0. The van der Waals surface area contributed by atoms with E-state index < -0.39 is 97.2 Å². The van der Waals surface area contributed by atoms with E-state index >= 15 is 0 Å². The molecule has 0 N–H and O–H groups in total. The maximum Gasteiger partial charge on any atom is 0.303 e. The summed E-state index contributed by atoms with van der Waals surface area (Å²) < 4.78 is 108. The summed E-state index contributed by atoms with van der Waals surface area (Å²) >= 11 is 1.57. The molecule has 12 rings (SSSR count). The second-order valence-electron chi connectivity index (χ2n) is 25.4. The van der Waals surface area contributed by atoms with Crippen molar-refractivity contribution in [3.05, 3.63) is 323 Å². The van der Waals surface area contributed by atoms with Gasteiger partial charge in [0.25, 0.3) is 0 Å². The van der Waals surface area contributed by atoms with E-state index in [4.69, 9.17) is 71.1 Å². The average Bonchev–Trinajstić information content (AvgIpc) is 0.763. The highest BCUT2D eigenvalue weighted by Crippen LogP contribution is 2.41. The van der Waals surface area contributed by atoms with E-state index in [0.29, 0.717) is 12.4 Å². The number of hydrogen-bond acceptors (Lipinski definition) is 17. The lowest BCUT2D eigenvalue weighted by atomic mass is 9.95. The molecule has 0 radical (unpaired) electrons. The Labute approximate surface area is 603 Å². The van der Waals surface area contributed by atoms with Crippen molar-refractivity contribution in [2.75, 3.05) is 25.6 Å². The van der Waals surface area contributed by atoms with Gasteiger partial charge in [0.15, 0.2) is 18.7 Å². The van der Waals surface area contributed by atoms with Gasteiger partial charge in [0.05, 0.1) is 79.3 Å². The smallest absolute Gasteiger partial charge is 0.303 e. The van der Waals surface area contributed by atoms with Crippen molar-refractivity contribution in [1.82, 2.24) is 0 Å². The normalized spacial score (nSPS) is 25.0. The lowest BCUT2D eigenvalue weighted by molar-refractivity contribution is -0.391. The van der Waals surface area contributed by atoms with Gasteiger partial charge in [0.1, 0.15) is 72.6 Å². The van der Waals surface area contributed by atoms with E-state index in [0.717, 1.165) is 50.1 Å². The number of esters is 1. The number of rotatable bonds is 37. The summed E-state index contributed by atoms with van der Waals surface area (Å²) in [4.78, 5) is 14.1. The van der Waals surface area contributed by atoms with Crippen molar-refractivity contribution in [3.63, 3.8) is 0 Å². The fourth-order valence-electron chi connectivity index (χ4n) is 12.8. The van der Waals surface area contributed by atoms with Crippen LogP contribution in [0, 0.1) is 0 Å². The van der Waals surface area contributed by atoms with Crippen LogP contribution in [0.5, 0.6) is 0 Å². The SMILES string of the molecule is CCS[C@H]1O[C@H](COCc2ccccc2)[C@@H](OCc2ccccc2)[C@H](OCc2ccccc2)[C@@H]1O[C@H]1O[C@H](COCc2ccccc2)[C@@H](OCc2ccccc2)[C@H](OCc2ccccc2)[C@@H]1O[C@H]1O[C@H](COCc2ccccc2)[C@@H](OCc2ccccc2)[C@H](OCc2ccccc2)[C@@H]1OC(C)=O. The molecule has 0 aliphatic carbocycles. The third-order valence-corrected chi connectivity index (χ3v) is 18.9. The van der Waals surface area contributed by atoms with Gasteiger partial charge in [0.2, 0.25) is 0 Å². The Morgan fingerprint density at radius 2 is 0.529 bits per heavy atom. The third kappa shape index (κ3) is 21.9. The Kier molecular flexibility index (Phi) is 28.8. The van der Waals surface area contributed by atoms with Gasteiger partial charge in [0, 0.05) is 6.92 Å². The van der Waals surface area contributed by atoms with Crippen molar-refractivity contribution in [1.29, 1.82) is 0 Å². The Morgan fingerprint density at radius 3 is 0.814 bits per heavy atom. The lowest BCUT2D eigenvalue weighted by Gasteiger charge is -2.52. The Bertz CT molecular complexity index is 3770. The van der Waals surface area contributed by atoms with Crippen LogP contribution in [0.1, 0.15) is 63.9 Å². The molecule has 3 saturated heterocycles. The molecule has 102 heavy (non-hydrogen) atoms. The molecule has 9 aromatic carbocycles. The molecule has 3 heterocycles. The van der Waals surface area contributed by atoms with Crippen LogP contribution < -0.4 is 0 Å². The maximum atomic E-state index is 14.1. The van der Waals surface area contributed by atoms with E-state index in [1.165, 1.54) is 6.92 Å². The Balaban J connectivity index is 0.991. The summed E-state index contributed by atoms with van der Waals surface area (Å²) in [6.07, 6.45) is -14.5. The van der Waals surface area contributed by atoms with Crippen LogP contribution >= 0.6 is 11.8 Å². The minimum absolute atomic E-state index is 0.00123. The topological polar surface area (TPSA) is 156 Å². The lowest BCUT2D eigenvalue weighted by Crippen LogP contribution is -2.68. The molecular formula is C85H92O16S. The second kappa shape index (κ2) is 39.8. The highest BCUT2D eigenvalue weighted by Gasteiger charge is 2.58. The highest BCUT2D eigenvalue weighted by atomic mass is 32.2. The first kappa shape index (κ1) is 74.0. The average molecular weight is 1400 g/mol. The van der Waals surface area contributed by atoms with Crippen LogP contribution in [0.25, 0.3) is 0 Å². The highest BCUT2D eigenvalue weighted by molar-refractivity contribution is 7.99. The monoisotopic (exact) mass is 1400 g/mol. The van der Waals surface area contributed by atoms with Gasteiger partial charge in [-0.1, -0.05) is 280 Å². The van der Waals surface area contributed by atoms with Gasteiger partial charge in [-0.2, -0.15) is 0 Å². The number of benzene rings is 9. The predicted molar refractivity (Wildman–Crippen MR) is 388 cm³/mol. The molecule has 9 aromatic rings. The van der Waals surface area contributed by atoms with Gasteiger partial charge in [-0.3, -0.25) is 4.79 Å². The molecule has 17 heteroatoms. The van der Waals surface area contributed by atoms with Crippen molar-refractivity contribution < 1.29 is 75.8 Å². The number of ether oxygens (including phenoxy) is 15. The van der Waals surface area contributed by atoms with Crippen LogP contribution in [0.2, 0.25) is 0 Å². The summed E-state index contributed by atoms with van der Waals surface area (Å²) in [5.41, 5.74) is 7.65. The number of carbonyl (C=O) groups is 1. The van der Waals surface area contributed by atoms with Gasteiger partial charge < -0.3 is 71.1 Å². The maximum absolute atomic E-state index is 14.1. The first-order chi connectivity index (χ1) is 50.4. The minimum atomic E-state index is -1.46. The van der Waals surface area contributed by atoms with Crippen LogP contribution in [0.4, 0.5) is 0 Å². The molecule has 0 saturated carbocycles. The van der Waals surface area contributed by atoms with E-state index in [1.807, 2.05) is 273 Å². The zero-order chi connectivity index (χ0) is 69.8. The fraction of sp³-hybridized carbons (Fsp3) is 0.353. The summed E-state index contributed by atoms with van der Waals surface area (Å²) in [5.74, 6) is 0.00488. The third-order valence-electron chi connectivity index (χ3n) is 17.9. The van der Waals surface area contributed by atoms with E-state index in [2.05, 4.69) is 6.92 Å². The van der Waals surface area contributed by atoms with Crippen LogP contribution in [0.15, 0.2) is 273 Å². The van der Waals surface area contributed by atoms with E-state index in [1.54, 1.807) is 11.8 Å². The predicted octanol–water partition coefficient (Wildman–Crippen LogP) is 14.8. The Morgan fingerprint density at radius 1 is 0.294 bits per heavy atom. The summed E-state index contributed by atoms with van der Waals surface area (Å²) in [7, 11) is 0. The largest absolute Gasteiger partial charge is 0.454 e. The molecule has 534 valence electrons. The molecule has 0 bridgehead atoms.